The number of nitrogens with zero attached hydrogens (tertiary/aromatic N) is 3. The van der Waals surface area contributed by atoms with Crippen molar-refractivity contribution in [2.75, 3.05) is 6.54 Å². The fourth-order valence-electron chi connectivity index (χ4n) is 1.77. The first-order chi connectivity index (χ1) is 7.19. The molecular formula is C12H15N3. The number of hydrogen-bond acceptors (Lipinski definition) is 3. The molecule has 1 fully saturated rings. The highest BCUT2D eigenvalue weighted by Gasteiger charge is 2.18. The van der Waals surface area contributed by atoms with Crippen LogP contribution in [0.25, 0.3) is 0 Å². The van der Waals surface area contributed by atoms with Gasteiger partial charge < -0.3 is 4.90 Å². The highest BCUT2D eigenvalue weighted by atomic mass is 15.2. The molecule has 1 saturated heterocycles. The van der Waals surface area contributed by atoms with E-state index >= 15 is 0 Å². The van der Waals surface area contributed by atoms with Gasteiger partial charge in [0.15, 0.2) is 0 Å². The van der Waals surface area contributed by atoms with E-state index in [0.29, 0.717) is 6.04 Å². The van der Waals surface area contributed by atoms with Gasteiger partial charge in [0.1, 0.15) is 17.7 Å². The lowest BCUT2D eigenvalue weighted by atomic mass is 10.2. The third kappa shape index (κ3) is 2.86. The molecule has 15 heavy (non-hydrogen) atoms. The van der Waals surface area contributed by atoms with Crippen molar-refractivity contribution in [3.8, 4) is 12.1 Å². The Hall–Kier alpha value is -1.74. The summed E-state index contributed by atoms with van der Waals surface area (Å²) in [5.74, 6) is 0. The van der Waals surface area contributed by atoms with Gasteiger partial charge in [-0.25, -0.2) is 0 Å². The van der Waals surface area contributed by atoms with E-state index in [4.69, 9.17) is 10.5 Å². The van der Waals surface area contributed by atoms with E-state index in [2.05, 4.69) is 18.7 Å². The largest absolute Gasteiger partial charge is 0.372 e. The molecule has 0 unspecified atom stereocenters. The van der Waals surface area contributed by atoms with Crippen molar-refractivity contribution < 1.29 is 0 Å². The van der Waals surface area contributed by atoms with Crippen LogP contribution in [0.4, 0.5) is 0 Å². The van der Waals surface area contributed by atoms with Crippen LogP contribution in [-0.4, -0.2) is 17.5 Å². The highest BCUT2D eigenvalue weighted by molar-refractivity contribution is 5.38. The smallest absolute Gasteiger partial charge is 0.129 e. The van der Waals surface area contributed by atoms with Crippen LogP contribution in [0.3, 0.4) is 0 Å². The van der Waals surface area contributed by atoms with Crippen molar-refractivity contribution in [3.63, 3.8) is 0 Å². The SMILES string of the molecule is CC(C)N1CCC/C1=C\C=C(C#N)C#N. The number of likely N-dealkylation sites (tertiary alicyclic amines) is 1. The van der Waals surface area contributed by atoms with Crippen molar-refractivity contribution in [2.45, 2.75) is 32.7 Å². The fourth-order valence-corrected chi connectivity index (χ4v) is 1.77. The van der Waals surface area contributed by atoms with E-state index in [0.717, 1.165) is 19.4 Å². The minimum absolute atomic E-state index is 0.165. The Labute approximate surface area is 90.9 Å². The van der Waals surface area contributed by atoms with Gasteiger partial charge in [-0.05, 0) is 38.8 Å². The van der Waals surface area contributed by atoms with Crippen LogP contribution in [0.2, 0.25) is 0 Å². The molecule has 3 heteroatoms. The number of hydrogen-bond donors (Lipinski definition) is 0. The molecule has 0 amide bonds. The van der Waals surface area contributed by atoms with Crippen LogP contribution in [-0.2, 0) is 0 Å². The van der Waals surface area contributed by atoms with E-state index in [-0.39, 0.29) is 5.57 Å². The molecule has 1 aliphatic rings. The molecule has 0 aromatic carbocycles. The summed E-state index contributed by atoms with van der Waals surface area (Å²) in [5.41, 5.74) is 1.39. The Bertz CT molecular complexity index is 347. The maximum absolute atomic E-state index is 8.59. The summed E-state index contributed by atoms with van der Waals surface area (Å²) in [7, 11) is 0. The third-order valence-electron chi connectivity index (χ3n) is 2.51. The topological polar surface area (TPSA) is 50.8 Å². The molecule has 0 N–H and O–H groups in total. The maximum atomic E-state index is 8.59. The summed E-state index contributed by atoms with van der Waals surface area (Å²) in [6.07, 6.45) is 5.70. The summed E-state index contributed by atoms with van der Waals surface area (Å²) in [6.45, 7) is 5.38. The van der Waals surface area contributed by atoms with Gasteiger partial charge in [0, 0.05) is 18.3 Å². The van der Waals surface area contributed by atoms with Gasteiger partial charge in [0.05, 0.1) is 0 Å². The molecule has 78 valence electrons. The predicted molar refractivity (Wildman–Crippen MR) is 58.5 cm³/mol. The zero-order valence-corrected chi connectivity index (χ0v) is 9.20. The van der Waals surface area contributed by atoms with Gasteiger partial charge in [0.2, 0.25) is 0 Å². The lowest BCUT2D eigenvalue weighted by molar-refractivity contribution is 0.323. The second-order valence-corrected chi connectivity index (χ2v) is 3.85. The molecule has 0 aromatic rings. The van der Waals surface area contributed by atoms with Crippen LogP contribution < -0.4 is 0 Å². The van der Waals surface area contributed by atoms with Gasteiger partial charge in [-0.3, -0.25) is 0 Å². The highest BCUT2D eigenvalue weighted by Crippen LogP contribution is 2.23. The van der Waals surface area contributed by atoms with Crippen molar-refractivity contribution >= 4 is 0 Å². The minimum atomic E-state index is 0.165. The Kier molecular flexibility index (Phi) is 3.94. The number of rotatable bonds is 2. The lowest BCUT2D eigenvalue weighted by Gasteiger charge is -2.24. The Morgan fingerprint density at radius 3 is 2.60 bits per heavy atom. The Morgan fingerprint density at radius 2 is 2.07 bits per heavy atom. The zero-order valence-electron chi connectivity index (χ0n) is 9.20. The average molecular weight is 201 g/mol. The molecule has 3 nitrogen and oxygen atoms in total. The van der Waals surface area contributed by atoms with Crippen LogP contribution in [0, 0.1) is 22.7 Å². The predicted octanol–water partition coefficient (Wildman–Crippen LogP) is 2.35. The van der Waals surface area contributed by atoms with Crippen LogP contribution in [0.5, 0.6) is 0 Å². The normalized spacial score (nSPS) is 17.7. The molecule has 0 aliphatic carbocycles. The fraction of sp³-hybridized carbons (Fsp3) is 0.500. The van der Waals surface area contributed by atoms with Crippen molar-refractivity contribution in [2.24, 2.45) is 0 Å². The molecule has 1 rings (SSSR count). The molecule has 1 aliphatic heterocycles. The minimum Gasteiger partial charge on any atom is -0.372 e. The molecule has 0 spiro atoms. The Morgan fingerprint density at radius 1 is 1.40 bits per heavy atom. The molecule has 1 heterocycles. The second kappa shape index (κ2) is 5.22. The first kappa shape index (κ1) is 11.3. The van der Waals surface area contributed by atoms with Gasteiger partial charge in [-0.2, -0.15) is 10.5 Å². The summed E-state index contributed by atoms with van der Waals surface area (Å²) in [6, 6.07) is 4.20. The molecule has 0 bridgehead atoms. The van der Waals surface area contributed by atoms with E-state index in [1.54, 1.807) is 6.08 Å². The monoisotopic (exact) mass is 201 g/mol. The van der Waals surface area contributed by atoms with E-state index in [1.807, 2.05) is 18.2 Å². The molecule has 0 saturated carbocycles. The summed E-state index contributed by atoms with van der Waals surface area (Å²) >= 11 is 0. The van der Waals surface area contributed by atoms with Crippen molar-refractivity contribution in [3.05, 3.63) is 23.4 Å². The van der Waals surface area contributed by atoms with Gasteiger partial charge in [-0.15, -0.1) is 0 Å². The van der Waals surface area contributed by atoms with Crippen LogP contribution >= 0.6 is 0 Å². The molecular weight excluding hydrogens is 186 g/mol. The maximum Gasteiger partial charge on any atom is 0.129 e. The van der Waals surface area contributed by atoms with Crippen molar-refractivity contribution in [1.29, 1.82) is 10.5 Å². The standard InChI is InChI=1S/C12H15N3/c1-10(2)15-7-3-4-12(15)6-5-11(8-13)9-14/h5-6,10H,3-4,7H2,1-2H3/b12-6+. The lowest BCUT2D eigenvalue weighted by Crippen LogP contribution is -2.25. The molecule has 0 atom stereocenters. The van der Waals surface area contributed by atoms with Crippen LogP contribution in [0.15, 0.2) is 23.4 Å². The van der Waals surface area contributed by atoms with Gasteiger partial charge in [0.25, 0.3) is 0 Å². The van der Waals surface area contributed by atoms with Crippen LogP contribution in [0.1, 0.15) is 26.7 Å². The second-order valence-electron chi connectivity index (χ2n) is 3.85. The molecule has 0 radical (unpaired) electrons. The first-order valence-electron chi connectivity index (χ1n) is 5.16. The van der Waals surface area contributed by atoms with Gasteiger partial charge >= 0.3 is 0 Å². The molecule has 0 aromatic heterocycles. The summed E-state index contributed by atoms with van der Waals surface area (Å²) in [5, 5.41) is 17.2. The zero-order chi connectivity index (χ0) is 11.3. The quantitative estimate of drug-likeness (QED) is 0.644. The third-order valence-corrected chi connectivity index (χ3v) is 2.51. The van der Waals surface area contributed by atoms with Gasteiger partial charge in [-0.1, -0.05) is 0 Å². The van der Waals surface area contributed by atoms with Crippen molar-refractivity contribution in [1.82, 2.24) is 4.90 Å². The number of allylic oxidation sites excluding steroid dienone is 4. The van der Waals surface area contributed by atoms with E-state index < -0.39 is 0 Å². The van der Waals surface area contributed by atoms with E-state index in [1.165, 1.54) is 5.70 Å². The Balaban J connectivity index is 2.80. The summed E-state index contributed by atoms with van der Waals surface area (Å²) in [4.78, 5) is 2.31. The average Bonchev–Trinajstić information content (AvgIpc) is 2.67. The first-order valence-corrected chi connectivity index (χ1v) is 5.16. The van der Waals surface area contributed by atoms with E-state index in [9.17, 15) is 0 Å². The number of nitriles is 2. The summed E-state index contributed by atoms with van der Waals surface area (Å²) < 4.78 is 0.